The molecule has 6 heteroatoms. The standard InChI is InChI=1S/C13H20N4O2/c1-3-5-10-14-16-12(18)8-7-9-13(19)17-15-11-6-4-2/h3-6,10-11H,7-9H2,1-2H3,(H,16,18)(H,17,19). The minimum atomic E-state index is -0.217. The van der Waals surface area contributed by atoms with Crippen molar-refractivity contribution in [1.29, 1.82) is 0 Å². The first-order valence-corrected chi connectivity index (χ1v) is 6.07. The molecule has 0 aromatic rings. The Morgan fingerprint density at radius 2 is 1.32 bits per heavy atom. The van der Waals surface area contributed by atoms with Gasteiger partial charge in [0.1, 0.15) is 0 Å². The summed E-state index contributed by atoms with van der Waals surface area (Å²) in [6.45, 7) is 3.70. The van der Waals surface area contributed by atoms with Crippen LogP contribution in [-0.2, 0) is 9.59 Å². The Labute approximate surface area is 113 Å². The molecule has 0 fully saturated rings. The van der Waals surface area contributed by atoms with Gasteiger partial charge >= 0.3 is 0 Å². The molecule has 19 heavy (non-hydrogen) atoms. The summed E-state index contributed by atoms with van der Waals surface area (Å²) >= 11 is 0. The van der Waals surface area contributed by atoms with Gasteiger partial charge in [0.05, 0.1) is 0 Å². The predicted octanol–water partition coefficient (Wildman–Crippen LogP) is 1.51. The first-order chi connectivity index (χ1) is 9.20. The molecule has 0 aromatic carbocycles. The van der Waals surface area contributed by atoms with Crippen molar-refractivity contribution in [3.63, 3.8) is 0 Å². The molecule has 0 aliphatic carbocycles. The third-order valence-corrected chi connectivity index (χ3v) is 1.89. The second kappa shape index (κ2) is 12.2. The van der Waals surface area contributed by atoms with E-state index in [1.54, 1.807) is 24.3 Å². The van der Waals surface area contributed by atoms with E-state index in [9.17, 15) is 9.59 Å². The summed E-state index contributed by atoms with van der Waals surface area (Å²) in [5.41, 5.74) is 4.72. The maximum absolute atomic E-state index is 11.3. The smallest absolute Gasteiger partial charge is 0.240 e. The summed E-state index contributed by atoms with van der Waals surface area (Å²) < 4.78 is 0. The summed E-state index contributed by atoms with van der Waals surface area (Å²) in [6, 6.07) is 0. The van der Waals surface area contributed by atoms with Crippen molar-refractivity contribution in [2.45, 2.75) is 33.1 Å². The highest BCUT2D eigenvalue weighted by Crippen LogP contribution is 1.95. The fourth-order valence-electron chi connectivity index (χ4n) is 0.998. The molecular weight excluding hydrogens is 244 g/mol. The molecule has 0 rings (SSSR count). The van der Waals surface area contributed by atoms with Gasteiger partial charge in [-0.05, 0) is 32.4 Å². The van der Waals surface area contributed by atoms with E-state index in [1.165, 1.54) is 12.4 Å². The Kier molecular flexibility index (Phi) is 10.8. The van der Waals surface area contributed by atoms with Crippen molar-refractivity contribution < 1.29 is 9.59 Å². The van der Waals surface area contributed by atoms with Crippen molar-refractivity contribution in [3.8, 4) is 0 Å². The van der Waals surface area contributed by atoms with Crippen LogP contribution in [0.25, 0.3) is 0 Å². The highest BCUT2D eigenvalue weighted by atomic mass is 16.2. The number of hydrogen-bond acceptors (Lipinski definition) is 4. The van der Waals surface area contributed by atoms with E-state index in [2.05, 4.69) is 21.1 Å². The molecule has 0 saturated heterocycles. The van der Waals surface area contributed by atoms with Crippen molar-refractivity contribution in [2.24, 2.45) is 10.2 Å². The van der Waals surface area contributed by atoms with Gasteiger partial charge in [-0.15, -0.1) is 0 Å². The van der Waals surface area contributed by atoms with Crippen molar-refractivity contribution >= 4 is 24.2 Å². The zero-order valence-corrected chi connectivity index (χ0v) is 11.3. The molecule has 0 saturated carbocycles. The second-order valence-corrected chi connectivity index (χ2v) is 3.53. The third kappa shape index (κ3) is 12.0. The average molecular weight is 264 g/mol. The lowest BCUT2D eigenvalue weighted by Gasteiger charge is -1.99. The Morgan fingerprint density at radius 1 is 0.895 bits per heavy atom. The maximum atomic E-state index is 11.3. The van der Waals surface area contributed by atoms with E-state index in [0.717, 1.165) is 0 Å². The van der Waals surface area contributed by atoms with E-state index in [0.29, 0.717) is 6.42 Å². The quantitative estimate of drug-likeness (QED) is 0.514. The van der Waals surface area contributed by atoms with Gasteiger partial charge in [-0.25, -0.2) is 10.9 Å². The molecule has 104 valence electrons. The summed E-state index contributed by atoms with van der Waals surface area (Å²) in [7, 11) is 0. The van der Waals surface area contributed by atoms with E-state index >= 15 is 0 Å². The SMILES string of the molecule is CC=CC=NNC(=O)CCCC(=O)NN=CC=CC. The van der Waals surface area contributed by atoms with E-state index in [1.807, 2.05) is 13.8 Å². The van der Waals surface area contributed by atoms with Crippen molar-refractivity contribution in [2.75, 3.05) is 0 Å². The van der Waals surface area contributed by atoms with Gasteiger partial charge in [0.15, 0.2) is 0 Å². The van der Waals surface area contributed by atoms with Gasteiger partial charge in [0, 0.05) is 25.3 Å². The van der Waals surface area contributed by atoms with Gasteiger partial charge in [-0.3, -0.25) is 9.59 Å². The second-order valence-electron chi connectivity index (χ2n) is 3.53. The zero-order chi connectivity index (χ0) is 14.3. The largest absolute Gasteiger partial charge is 0.273 e. The Morgan fingerprint density at radius 3 is 1.68 bits per heavy atom. The Hall–Kier alpha value is -2.24. The molecule has 0 bridgehead atoms. The van der Waals surface area contributed by atoms with Crippen LogP contribution < -0.4 is 10.9 Å². The van der Waals surface area contributed by atoms with Crippen LogP contribution in [-0.4, -0.2) is 24.2 Å². The first-order valence-electron chi connectivity index (χ1n) is 6.07. The molecule has 0 aliphatic heterocycles. The highest BCUT2D eigenvalue weighted by molar-refractivity contribution is 5.80. The highest BCUT2D eigenvalue weighted by Gasteiger charge is 2.03. The molecule has 6 nitrogen and oxygen atoms in total. The van der Waals surface area contributed by atoms with Crippen molar-refractivity contribution in [1.82, 2.24) is 10.9 Å². The minimum Gasteiger partial charge on any atom is -0.273 e. The number of carbonyl (C=O) groups is 2. The number of nitrogens with zero attached hydrogens (tertiary/aromatic N) is 2. The van der Waals surface area contributed by atoms with Gasteiger partial charge in [0.25, 0.3) is 0 Å². The Bertz CT molecular complexity index is 348. The third-order valence-electron chi connectivity index (χ3n) is 1.89. The van der Waals surface area contributed by atoms with Gasteiger partial charge in [-0.2, -0.15) is 10.2 Å². The molecule has 0 spiro atoms. The molecular formula is C13H20N4O2. The summed E-state index contributed by atoms with van der Waals surface area (Å²) in [5, 5.41) is 7.37. The lowest BCUT2D eigenvalue weighted by Crippen LogP contribution is -2.20. The van der Waals surface area contributed by atoms with Crippen LogP contribution in [0.4, 0.5) is 0 Å². The van der Waals surface area contributed by atoms with Gasteiger partial charge in [-0.1, -0.05) is 12.2 Å². The molecule has 0 aliphatic rings. The fourth-order valence-corrected chi connectivity index (χ4v) is 0.998. The molecule has 2 N–H and O–H groups in total. The molecule has 0 radical (unpaired) electrons. The number of amides is 2. The number of rotatable bonds is 8. The molecule has 0 heterocycles. The first kappa shape index (κ1) is 16.8. The average Bonchev–Trinajstić information content (AvgIpc) is 2.40. The monoisotopic (exact) mass is 264 g/mol. The van der Waals surface area contributed by atoms with E-state index in [4.69, 9.17) is 0 Å². The predicted molar refractivity (Wildman–Crippen MR) is 76.7 cm³/mol. The molecule has 0 aromatic heterocycles. The normalized spacial score (nSPS) is 11.9. The van der Waals surface area contributed by atoms with Crippen LogP contribution in [0.15, 0.2) is 34.5 Å². The number of hydrazone groups is 2. The van der Waals surface area contributed by atoms with Crippen molar-refractivity contribution in [3.05, 3.63) is 24.3 Å². The molecule has 2 amide bonds. The number of hydrogen-bond donors (Lipinski definition) is 2. The number of nitrogens with one attached hydrogen (secondary N) is 2. The van der Waals surface area contributed by atoms with E-state index in [-0.39, 0.29) is 24.7 Å². The van der Waals surface area contributed by atoms with E-state index < -0.39 is 0 Å². The topological polar surface area (TPSA) is 82.9 Å². The van der Waals surface area contributed by atoms with Gasteiger partial charge < -0.3 is 0 Å². The van der Waals surface area contributed by atoms with Crippen LogP contribution in [0.3, 0.4) is 0 Å². The summed E-state index contributed by atoms with van der Waals surface area (Å²) in [6.07, 6.45) is 10.9. The zero-order valence-electron chi connectivity index (χ0n) is 11.3. The minimum absolute atomic E-state index is 0.217. The molecule has 0 atom stereocenters. The van der Waals surface area contributed by atoms with Crippen LogP contribution in [0.2, 0.25) is 0 Å². The van der Waals surface area contributed by atoms with Crippen LogP contribution in [0.1, 0.15) is 33.1 Å². The summed E-state index contributed by atoms with van der Waals surface area (Å²) in [5.74, 6) is -0.433. The van der Waals surface area contributed by atoms with Crippen LogP contribution in [0, 0.1) is 0 Å². The summed E-state index contributed by atoms with van der Waals surface area (Å²) in [4.78, 5) is 22.5. The maximum Gasteiger partial charge on any atom is 0.240 e. The lowest BCUT2D eigenvalue weighted by molar-refractivity contribution is -0.122. The van der Waals surface area contributed by atoms with Crippen LogP contribution in [0.5, 0.6) is 0 Å². The molecule has 0 unspecified atom stereocenters. The van der Waals surface area contributed by atoms with Crippen LogP contribution >= 0.6 is 0 Å². The number of allylic oxidation sites excluding steroid dienone is 4. The Balaban J connectivity index is 3.66. The van der Waals surface area contributed by atoms with Gasteiger partial charge in [0.2, 0.25) is 11.8 Å². The number of carbonyl (C=O) groups excluding carboxylic acids is 2. The fraction of sp³-hybridized carbons (Fsp3) is 0.385. The lowest BCUT2D eigenvalue weighted by atomic mass is 10.2.